The number of rotatable bonds is 10. The van der Waals surface area contributed by atoms with Gasteiger partial charge in [0.25, 0.3) is 0 Å². The van der Waals surface area contributed by atoms with Crippen molar-refractivity contribution in [3.8, 4) is 28.3 Å². The average molecular weight is 676 g/mol. The van der Waals surface area contributed by atoms with E-state index in [0.29, 0.717) is 38.9 Å². The van der Waals surface area contributed by atoms with Crippen LogP contribution >= 0.6 is 11.6 Å². The first-order valence-corrected chi connectivity index (χ1v) is 17.6. The first-order valence-electron chi connectivity index (χ1n) is 15.6. The minimum atomic E-state index is -3.49. The first kappa shape index (κ1) is 32.5. The van der Waals surface area contributed by atoms with Crippen LogP contribution < -0.4 is 9.04 Å². The second kappa shape index (κ2) is 13.4. The van der Waals surface area contributed by atoms with Gasteiger partial charge in [0.1, 0.15) is 24.0 Å². The third-order valence-corrected chi connectivity index (χ3v) is 10.9. The van der Waals surface area contributed by atoms with Crippen molar-refractivity contribution in [1.29, 1.82) is 0 Å². The smallest absolute Gasteiger partial charge is 0.335 e. The van der Waals surface area contributed by atoms with Crippen LogP contribution in [-0.4, -0.2) is 41.8 Å². The number of imidazole rings is 1. The van der Waals surface area contributed by atoms with Crippen LogP contribution in [0.4, 0.5) is 10.1 Å². The Hall–Kier alpha value is -4.41. The number of sulfonamides is 1. The van der Waals surface area contributed by atoms with Crippen LogP contribution in [0.25, 0.3) is 33.5 Å². The maximum absolute atomic E-state index is 16.0. The molecule has 0 spiro atoms. The number of hydrogen-bond acceptors (Lipinski definition) is 5. The van der Waals surface area contributed by atoms with E-state index in [9.17, 15) is 18.3 Å². The molecule has 1 N–H and O–H groups in total. The summed E-state index contributed by atoms with van der Waals surface area (Å²) in [6.45, 7) is 1.64. The van der Waals surface area contributed by atoms with Crippen molar-refractivity contribution in [2.45, 2.75) is 51.7 Å². The normalized spacial score (nSPS) is 14.0. The highest BCUT2D eigenvalue weighted by molar-refractivity contribution is 7.92. The predicted octanol–water partition coefficient (Wildman–Crippen LogP) is 8.73. The van der Waals surface area contributed by atoms with Gasteiger partial charge in [-0.3, -0.25) is 4.31 Å². The van der Waals surface area contributed by atoms with Gasteiger partial charge in [0, 0.05) is 24.2 Å². The molecule has 0 unspecified atom stereocenters. The Morgan fingerprint density at radius 1 is 1.00 bits per heavy atom. The van der Waals surface area contributed by atoms with Crippen LogP contribution in [0.1, 0.15) is 61.0 Å². The Balaban J connectivity index is 1.34. The van der Waals surface area contributed by atoms with Crippen molar-refractivity contribution in [3.05, 3.63) is 101 Å². The highest BCUT2D eigenvalue weighted by Crippen LogP contribution is 2.38. The number of carboxylic acid groups (broad SMARTS) is 1. The third-order valence-electron chi connectivity index (χ3n) is 8.84. The maximum Gasteiger partial charge on any atom is 0.335 e. The third kappa shape index (κ3) is 6.71. The lowest BCUT2D eigenvalue weighted by atomic mass is 9.94. The number of anilines is 1. The molecule has 244 valence electrons. The monoisotopic (exact) mass is 675 g/mol. The second-order valence-electron chi connectivity index (χ2n) is 11.8. The Morgan fingerprint density at radius 3 is 2.40 bits per heavy atom. The molecule has 1 aliphatic rings. The quantitative estimate of drug-likeness (QED) is 0.159. The van der Waals surface area contributed by atoms with E-state index in [2.05, 4.69) is 4.57 Å². The van der Waals surface area contributed by atoms with Crippen molar-refractivity contribution >= 4 is 44.3 Å². The lowest BCUT2D eigenvalue weighted by Gasteiger charge is -2.25. The van der Waals surface area contributed by atoms with Crippen molar-refractivity contribution < 1.29 is 27.4 Å². The number of hydrogen-bond donors (Lipinski definition) is 1. The summed E-state index contributed by atoms with van der Waals surface area (Å²) in [5.74, 6) is -0.863. The SMILES string of the molecule is CCS(=O)(=O)N(C)c1ccc(-c2ccc(Cl)cc2)c(COc2ccc(-c3nc4cc(C(=O)O)ccc4n3C3CCCCC3)c(F)c2)c1. The van der Waals surface area contributed by atoms with Crippen molar-refractivity contribution in [2.24, 2.45) is 0 Å². The summed E-state index contributed by atoms with van der Waals surface area (Å²) in [4.78, 5) is 16.4. The molecule has 47 heavy (non-hydrogen) atoms. The highest BCUT2D eigenvalue weighted by atomic mass is 35.5. The largest absolute Gasteiger partial charge is 0.489 e. The van der Waals surface area contributed by atoms with Gasteiger partial charge in [-0.25, -0.2) is 22.6 Å². The predicted molar refractivity (Wildman–Crippen MR) is 183 cm³/mol. The molecule has 5 aromatic rings. The number of fused-ring (bicyclic) bond motifs is 1. The Kier molecular flexibility index (Phi) is 9.25. The number of aromatic carboxylic acids is 1. The van der Waals surface area contributed by atoms with Gasteiger partial charge in [0.2, 0.25) is 10.0 Å². The summed E-state index contributed by atoms with van der Waals surface area (Å²) in [7, 11) is -1.98. The summed E-state index contributed by atoms with van der Waals surface area (Å²) in [5, 5.41) is 10.1. The van der Waals surface area contributed by atoms with E-state index in [-0.39, 0.29) is 24.0 Å². The number of aromatic nitrogens is 2. The summed E-state index contributed by atoms with van der Waals surface area (Å²) in [6.07, 6.45) is 5.14. The Bertz CT molecular complexity index is 2060. The second-order valence-corrected chi connectivity index (χ2v) is 14.5. The fourth-order valence-corrected chi connectivity index (χ4v) is 7.17. The number of carboxylic acids is 1. The van der Waals surface area contributed by atoms with Crippen LogP contribution in [-0.2, 0) is 16.6 Å². The topological polar surface area (TPSA) is 102 Å². The molecule has 0 bridgehead atoms. The van der Waals surface area contributed by atoms with Gasteiger partial charge in [-0.1, -0.05) is 49.1 Å². The van der Waals surface area contributed by atoms with Gasteiger partial charge < -0.3 is 14.4 Å². The van der Waals surface area contributed by atoms with Gasteiger partial charge in [-0.2, -0.15) is 0 Å². The summed E-state index contributed by atoms with van der Waals surface area (Å²) >= 11 is 6.12. The van der Waals surface area contributed by atoms with Crippen LogP contribution in [0.5, 0.6) is 5.75 Å². The molecule has 0 atom stereocenters. The lowest BCUT2D eigenvalue weighted by molar-refractivity contribution is 0.0697. The number of carbonyl (C=O) groups is 1. The molecule has 0 saturated heterocycles. The molecule has 1 fully saturated rings. The van der Waals surface area contributed by atoms with Gasteiger partial charge in [0.05, 0.1) is 33.6 Å². The fraction of sp³-hybridized carbons (Fsp3) is 0.278. The first-order chi connectivity index (χ1) is 22.6. The molecule has 1 aliphatic carbocycles. The molecule has 4 aromatic carbocycles. The highest BCUT2D eigenvalue weighted by Gasteiger charge is 2.25. The number of benzene rings is 4. The van der Waals surface area contributed by atoms with E-state index < -0.39 is 21.8 Å². The zero-order valence-corrected chi connectivity index (χ0v) is 27.7. The maximum atomic E-state index is 16.0. The van der Waals surface area contributed by atoms with Gasteiger partial charge in [-0.15, -0.1) is 0 Å². The molecule has 1 heterocycles. The standard InChI is InChI=1S/C36H35ClFN3O5S/c1-3-47(44,45)40(2)28-14-16-30(23-9-12-26(37)13-10-23)25(19-28)22-46-29-15-17-31(32(38)21-29)35-39-33-20-24(36(42)43)11-18-34(33)41(35)27-7-5-4-6-8-27/h9-21,27H,3-8,22H2,1-2H3,(H,42,43). The van der Waals surface area contributed by atoms with E-state index in [1.807, 2.05) is 18.2 Å². The number of nitrogens with zero attached hydrogens (tertiary/aromatic N) is 3. The van der Waals surface area contributed by atoms with Crippen molar-refractivity contribution in [1.82, 2.24) is 9.55 Å². The summed E-state index contributed by atoms with van der Waals surface area (Å²) in [5.41, 5.74) is 4.60. The molecular weight excluding hydrogens is 641 g/mol. The molecule has 1 saturated carbocycles. The fourth-order valence-electron chi connectivity index (χ4n) is 6.22. The molecule has 0 radical (unpaired) electrons. The zero-order chi connectivity index (χ0) is 33.3. The number of halogens is 2. The lowest BCUT2D eigenvalue weighted by Crippen LogP contribution is -2.28. The van der Waals surface area contributed by atoms with Crippen molar-refractivity contribution in [3.63, 3.8) is 0 Å². The minimum absolute atomic E-state index is 0.0448. The molecule has 6 rings (SSSR count). The van der Waals surface area contributed by atoms with E-state index >= 15 is 4.39 Å². The van der Waals surface area contributed by atoms with Gasteiger partial charge in [0.15, 0.2) is 0 Å². The average Bonchev–Trinajstić information content (AvgIpc) is 3.46. The van der Waals surface area contributed by atoms with E-state index in [1.54, 1.807) is 55.5 Å². The summed E-state index contributed by atoms with van der Waals surface area (Å²) < 4.78 is 50.6. The van der Waals surface area contributed by atoms with Crippen LogP contribution in [0, 0.1) is 5.82 Å². The molecular formula is C36H35ClFN3O5S. The van der Waals surface area contributed by atoms with Gasteiger partial charge >= 0.3 is 5.97 Å². The minimum Gasteiger partial charge on any atom is -0.489 e. The molecule has 1 aromatic heterocycles. The molecule has 11 heteroatoms. The Labute approximate surface area is 278 Å². The van der Waals surface area contributed by atoms with Crippen LogP contribution in [0.15, 0.2) is 78.9 Å². The number of ether oxygens (including phenoxy) is 1. The van der Waals surface area contributed by atoms with E-state index in [4.69, 9.17) is 21.3 Å². The van der Waals surface area contributed by atoms with Crippen molar-refractivity contribution in [2.75, 3.05) is 17.1 Å². The van der Waals surface area contributed by atoms with Gasteiger partial charge in [-0.05, 0) is 91.1 Å². The van der Waals surface area contributed by atoms with E-state index in [0.717, 1.165) is 48.7 Å². The van der Waals surface area contributed by atoms with E-state index in [1.165, 1.54) is 23.5 Å². The van der Waals surface area contributed by atoms with Crippen LogP contribution in [0.2, 0.25) is 5.02 Å². The zero-order valence-electron chi connectivity index (χ0n) is 26.1. The molecule has 0 aliphatic heterocycles. The Morgan fingerprint density at radius 2 is 1.72 bits per heavy atom. The molecule has 0 amide bonds. The van der Waals surface area contributed by atoms with Crippen LogP contribution in [0.3, 0.4) is 0 Å². The summed E-state index contributed by atoms with van der Waals surface area (Å²) in [6, 6.07) is 22.3. The molecule has 8 nitrogen and oxygen atoms in total.